The first-order valence-electron chi connectivity index (χ1n) is 7.13. The molecule has 0 saturated heterocycles. The number of aromatic nitrogens is 1. The Hall–Kier alpha value is -2.63. The highest BCUT2D eigenvalue weighted by Crippen LogP contribution is 2.22. The van der Waals surface area contributed by atoms with E-state index in [-0.39, 0.29) is 17.9 Å². The van der Waals surface area contributed by atoms with Crippen molar-refractivity contribution in [2.45, 2.75) is 25.8 Å². The van der Waals surface area contributed by atoms with Crippen molar-refractivity contribution in [3.05, 3.63) is 53.0 Å². The first kappa shape index (κ1) is 14.3. The molecule has 114 valence electrons. The van der Waals surface area contributed by atoms with Crippen LogP contribution >= 0.6 is 0 Å². The van der Waals surface area contributed by atoms with E-state index in [4.69, 9.17) is 0 Å². The van der Waals surface area contributed by atoms with Gasteiger partial charge in [0.25, 0.3) is 0 Å². The van der Waals surface area contributed by atoms with Gasteiger partial charge in [0.15, 0.2) is 0 Å². The van der Waals surface area contributed by atoms with Crippen molar-refractivity contribution in [3.8, 4) is 5.75 Å². The number of hydrogen-bond donors (Lipinski definition) is 3. The maximum atomic E-state index is 13.5. The lowest BCUT2D eigenvalue weighted by Crippen LogP contribution is -2.29. The molecular weight excluding hydrogens is 285 g/mol. The van der Waals surface area contributed by atoms with Gasteiger partial charge in [-0.3, -0.25) is 5.32 Å². The zero-order valence-electron chi connectivity index (χ0n) is 11.9. The number of aryl methyl sites for hydroxylation is 2. The molecule has 0 spiro atoms. The summed E-state index contributed by atoms with van der Waals surface area (Å²) in [6.45, 7) is -0.102. The number of aromatic hydroxyl groups is 1. The summed E-state index contributed by atoms with van der Waals surface area (Å²) in [5.74, 6) is -0.275. The summed E-state index contributed by atoms with van der Waals surface area (Å²) in [6, 6.07) is 7.24. The largest absolute Gasteiger partial charge is 0.507 e. The molecule has 3 N–H and O–H groups in total. The van der Waals surface area contributed by atoms with E-state index in [0.29, 0.717) is 5.82 Å². The van der Waals surface area contributed by atoms with Gasteiger partial charge in [-0.25, -0.2) is 14.2 Å². The third-order valence-corrected chi connectivity index (χ3v) is 3.69. The number of fused-ring (bicyclic) bond motifs is 1. The van der Waals surface area contributed by atoms with Crippen LogP contribution in [-0.2, 0) is 19.4 Å². The predicted octanol–water partition coefficient (Wildman–Crippen LogP) is 2.74. The lowest BCUT2D eigenvalue weighted by molar-refractivity contribution is 0.251. The van der Waals surface area contributed by atoms with Gasteiger partial charge in [0, 0.05) is 11.3 Å². The molecule has 1 aliphatic carbocycles. The van der Waals surface area contributed by atoms with E-state index < -0.39 is 11.8 Å². The van der Waals surface area contributed by atoms with Gasteiger partial charge in [-0.1, -0.05) is 12.1 Å². The molecule has 0 bridgehead atoms. The number of urea groups is 1. The number of carbonyl (C=O) groups excluding carboxylic acids is 1. The molecule has 1 heterocycles. The van der Waals surface area contributed by atoms with Crippen LogP contribution in [0.3, 0.4) is 0 Å². The average Bonchev–Trinajstić information content (AvgIpc) is 2.94. The number of phenols is 1. The smallest absolute Gasteiger partial charge is 0.320 e. The number of anilines is 1. The van der Waals surface area contributed by atoms with E-state index in [1.54, 1.807) is 6.07 Å². The van der Waals surface area contributed by atoms with Crippen molar-refractivity contribution in [1.29, 1.82) is 0 Å². The van der Waals surface area contributed by atoms with Gasteiger partial charge < -0.3 is 10.4 Å². The van der Waals surface area contributed by atoms with Gasteiger partial charge in [0.2, 0.25) is 0 Å². The SMILES string of the molecule is O=C(NCc1c(O)cccc1F)Nc1ccc2c(n1)CCC2. The maximum absolute atomic E-state index is 13.5. The second-order valence-electron chi connectivity index (χ2n) is 5.20. The molecule has 2 amide bonds. The zero-order chi connectivity index (χ0) is 15.5. The molecule has 0 unspecified atom stereocenters. The Morgan fingerprint density at radius 2 is 2.14 bits per heavy atom. The summed E-state index contributed by atoms with van der Waals surface area (Å²) in [5.41, 5.74) is 2.30. The molecule has 0 atom stereocenters. The summed E-state index contributed by atoms with van der Waals surface area (Å²) in [5, 5.41) is 14.7. The lowest BCUT2D eigenvalue weighted by atomic mass is 10.2. The van der Waals surface area contributed by atoms with E-state index in [9.17, 15) is 14.3 Å². The Morgan fingerprint density at radius 1 is 1.27 bits per heavy atom. The molecule has 1 aromatic heterocycles. The number of hydrogen-bond acceptors (Lipinski definition) is 3. The first-order chi connectivity index (χ1) is 10.6. The highest BCUT2D eigenvalue weighted by atomic mass is 19.1. The second kappa shape index (κ2) is 6.01. The standard InChI is InChI=1S/C16H16FN3O2/c17-12-4-2-6-14(21)11(12)9-18-16(22)20-15-8-7-10-3-1-5-13(10)19-15/h2,4,6-8,21H,1,3,5,9H2,(H2,18,19,20,22). The van der Waals surface area contributed by atoms with Crippen LogP contribution in [0.5, 0.6) is 5.75 Å². The zero-order valence-corrected chi connectivity index (χ0v) is 11.9. The minimum Gasteiger partial charge on any atom is -0.507 e. The molecule has 6 heteroatoms. The maximum Gasteiger partial charge on any atom is 0.320 e. The number of nitrogens with zero attached hydrogens (tertiary/aromatic N) is 1. The average molecular weight is 301 g/mol. The monoisotopic (exact) mass is 301 g/mol. The van der Waals surface area contributed by atoms with E-state index in [2.05, 4.69) is 15.6 Å². The van der Waals surface area contributed by atoms with Crippen molar-refractivity contribution in [2.75, 3.05) is 5.32 Å². The van der Waals surface area contributed by atoms with Crippen LogP contribution in [0.15, 0.2) is 30.3 Å². The molecule has 0 radical (unpaired) electrons. The fourth-order valence-electron chi connectivity index (χ4n) is 2.54. The molecule has 0 fully saturated rings. The van der Waals surface area contributed by atoms with Crippen molar-refractivity contribution < 1.29 is 14.3 Å². The minimum atomic E-state index is -0.559. The third-order valence-electron chi connectivity index (χ3n) is 3.69. The van der Waals surface area contributed by atoms with E-state index in [0.717, 1.165) is 25.0 Å². The highest BCUT2D eigenvalue weighted by molar-refractivity contribution is 5.88. The predicted molar refractivity (Wildman–Crippen MR) is 80.2 cm³/mol. The normalized spacial score (nSPS) is 12.8. The summed E-state index contributed by atoms with van der Waals surface area (Å²) in [7, 11) is 0. The highest BCUT2D eigenvalue weighted by Gasteiger charge is 2.14. The van der Waals surface area contributed by atoms with Gasteiger partial charge in [0.05, 0.1) is 6.54 Å². The number of phenolic OH excluding ortho intramolecular Hbond substituents is 1. The van der Waals surface area contributed by atoms with Crippen LogP contribution < -0.4 is 10.6 Å². The molecular formula is C16H16FN3O2. The van der Waals surface area contributed by atoms with Crippen LogP contribution in [-0.4, -0.2) is 16.1 Å². The molecule has 2 aromatic rings. The molecule has 1 aliphatic rings. The van der Waals surface area contributed by atoms with Gasteiger partial charge in [-0.2, -0.15) is 0 Å². The van der Waals surface area contributed by atoms with Crippen LogP contribution in [0.2, 0.25) is 0 Å². The van der Waals surface area contributed by atoms with Crippen molar-refractivity contribution in [3.63, 3.8) is 0 Å². The number of rotatable bonds is 3. The summed E-state index contributed by atoms with van der Waals surface area (Å²) in [6.07, 6.45) is 3.04. The summed E-state index contributed by atoms with van der Waals surface area (Å²) < 4.78 is 13.5. The molecule has 1 aromatic carbocycles. The lowest BCUT2D eigenvalue weighted by Gasteiger charge is -2.10. The molecule has 5 nitrogen and oxygen atoms in total. The van der Waals surface area contributed by atoms with Crippen molar-refractivity contribution >= 4 is 11.8 Å². The minimum absolute atomic E-state index is 0.0552. The molecule has 0 saturated carbocycles. The van der Waals surface area contributed by atoms with Gasteiger partial charge >= 0.3 is 6.03 Å². The number of nitrogens with one attached hydrogen (secondary N) is 2. The van der Waals surface area contributed by atoms with Gasteiger partial charge in [-0.15, -0.1) is 0 Å². The number of carbonyl (C=O) groups is 1. The quantitative estimate of drug-likeness (QED) is 0.816. The Bertz CT molecular complexity index is 698. The fourth-order valence-corrected chi connectivity index (χ4v) is 2.54. The van der Waals surface area contributed by atoms with Crippen LogP contribution in [0.25, 0.3) is 0 Å². The number of amides is 2. The van der Waals surface area contributed by atoms with Crippen molar-refractivity contribution in [2.24, 2.45) is 0 Å². The van der Waals surface area contributed by atoms with E-state index >= 15 is 0 Å². The second-order valence-corrected chi connectivity index (χ2v) is 5.20. The van der Waals surface area contributed by atoms with Gasteiger partial charge in [-0.05, 0) is 43.0 Å². The van der Waals surface area contributed by atoms with Crippen LogP contribution in [0.4, 0.5) is 15.0 Å². The van der Waals surface area contributed by atoms with E-state index in [1.807, 2.05) is 6.07 Å². The Kier molecular flexibility index (Phi) is 3.91. The summed E-state index contributed by atoms with van der Waals surface area (Å²) in [4.78, 5) is 16.2. The number of pyridine rings is 1. The fraction of sp³-hybridized carbons (Fsp3) is 0.250. The van der Waals surface area contributed by atoms with Crippen LogP contribution in [0.1, 0.15) is 23.2 Å². The van der Waals surface area contributed by atoms with Gasteiger partial charge in [0.1, 0.15) is 17.4 Å². The topological polar surface area (TPSA) is 74.2 Å². The van der Waals surface area contributed by atoms with Crippen LogP contribution in [0, 0.1) is 5.82 Å². The van der Waals surface area contributed by atoms with Crippen molar-refractivity contribution in [1.82, 2.24) is 10.3 Å². The number of halogens is 1. The third kappa shape index (κ3) is 3.00. The first-order valence-corrected chi connectivity index (χ1v) is 7.13. The summed E-state index contributed by atoms with van der Waals surface area (Å²) >= 11 is 0. The Morgan fingerprint density at radius 3 is 2.95 bits per heavy atom. The Labute approximate surface area is 127 Å². The molecule has 3 rings (SSSR count). The Balaban J connectivity index is 1.61. The number of benzene rings is 1. The van der Waals surface area contributed by atoms with E-state index in [1.165, 1.54) is 23.8 Å². The molecule has 0 aliphatic heterocycles. The molecule has 22 heavy (non-hydrogen) atoms.